The zero-order valence-electron chi connectivity index (χ0n) is 16.0. The summed E-state index contributed by atoms with van der Waals surface area (Å²) in [5.41, 5.74) is 0.523. The van der Waals surface area contributed by atoms with Gasteiger partial charge in [-0.15, -0.1) is 11.3 Å². The molecular formula is C20H22BrN3O3S2. The smallest absolute Gasteiger partial charge is 0.262 e. The Balaban J connectivity index is 1.75. The van der Waals surface area contributed by atoms with Crippen LogP contribution in [0.1, 0.15) is 18.2 Å². The minimum Gasteiger partial charge on any atom is -0.382 e. The van der Waals surface area contributed by atoms with E-state index in [1.54, 1.807) is 22.0 Å². The van der Waals surface area contributed by atoms with Crippen LogP contribution in [0.5, 0.6) is 0 Å². The summed E-state index contributed by atoms with van der Waals surface area (Å²) in [6, 6.07) is 9.39. The lowest BCUT2D eigenvalue weighted by atomic mass is 10.2. The number of amides is 1. The summed E-state index contributed by atoms with van der Waals surface area (Å²) in [5, 5.41) is 5.99. The molecule has 2 heterocycles. The molecule has 3 aromatic rings. The lowest BCUT2D eigenvalue weighted by molar-refractivity contribution is -0.118. The number of thioether (sulfide) groups is 1. The molecule has 0 aliphatic rings. The molecule has 0 aliphatic heterocycles. The van der Waals surface area contributed by atoms with Crippen LogP contribution in [0.15, 0.2) is 50.1 Å². The van der Waals surface area contributed by atoms with Crippen molar-refractivity contribution in [2.45, 2.75) is 31.6 Å². The van der Waals surface area contributed by atoms with Crippen molar-refractivity contribution in [2.75, 3.05) is 19.0 Å². The Labute approximate surface area is 185 Å². The predicted molar refractivity (Wildman–Crippen MR) is 122 cm³/mol. The van der Waals surface area contributed by atoms with Gasteiger partial charge in [0.2, 0.25) is 5.91 Å². The Morgan fingerprint density at radius 3 is 3.00 bits per heavy atom. The highest BCUT2D eigenvalue weighted by Gasteiger charge is 2.14. The second-order valence-corrected chi connectivity index (χ2v) is 9.10. The number of carbonyl (C=O) groups excluding carboxylic acids is 1. The molecule has 6 nitrogen and oxygen atoms in total. The third kappa shape index (κ3) is 6.15. The van der Waals surface area contributed by atoms with Crippen molar-refractivity contribution in [1.82, 2.24) is 14.9 Å². The Kier molecular flexibility index (Phi) is 8.29. The van der Waals surface area contributed by atoms with Gasteiger partial charge in [0.15, 0.2) is 5.16 Å². The average Bonchev–Trinajstić information content (AvgIpc) is 3.24. The SMILES string of the molecule is CCOCCCn1c(SCC(=O)NCc2cccs2)nc2ccc(Br)cc2c1=O. The van der Waals surface area contributed by atoms with Gasteiger partial charge in [-0.1, -0.05) is 33.8 Å². The van der Waals surface area contributed by atoms with E-state index in [2.05, 4.69) is 26.2 Å². The fraction of sp³-hybridized carbons (Fsp3) is 0.350. The van der Waals surface area contributed by atoms with Gasteiger partial charge in [-0.05, 0) is 43.0 Å². The molecule has 0 saturated carbocycles. The van der Waals surface area contributed by atoms with Crippen molar-refractivity contribution in [3.05, 3.63) is 55.4 Å². The maximum Gasteiger partial charge on any atom is 0.262 e. The third-order valence-corrected chi connectivity index (χ3v) is 6.47. The maximum absolute atomic E-state index is 13.0. The lowest BCUT2D eigenvalue weighted by Crippen LogP contribution is -2.27. The summed E-state index contributed by atoms with van der Waals surface area (Å²) in [4.78, 5) is 31.0. The van der Waals surface area contributed by atoms with E-state index in [9.17, 15) is 9.59 Å². The van der Waals surface area contributed by atoms with Gasteiger partial charge in [-0.2, -0.15) is 0 Å². The first-order chi connectivity index (χ1) is 14.1. The van der Waals surface area contributed by atoms with Gasteiger partial charge >= 0.3 is 0 Å². The molecule has 2 aromatic heterocycles. The topological polar surface area (TPSA) is 73.2 Å². The number of nitrogens with zero attached hydrogens (tertiary/aromatic N) is 2. The number of carbonyl (C=O) groups is 1. The number of benzene rings is 1. The quantitative estimate of drug-likeness (QED) is 0.261. The zero-order valence-corrected chi connectivity index (χ0v) is 19.2. The van der Waals surface area contributed by atoms with Crippen molar-refractivity contribution < 1.29 is 9.53 Å². The fourth-order valence-corrected chi connectivity index (χ4v) is 4.59. The molecule has 0 aliphatic carbocycles. The number of rotatable bonds is 10. The van der Waals surface area contributed by atoms with E-state index in [0.717, 1.165) is 9.35 Å². The molecule has 3 rings (SSSR count). The van der Waals surface area contributed by atoms with Crippen LogP contribution in [0.2, 0.25) is 0 Å². The van der Waals surface area contributed by atoms with Gasteiger partial charge in [0.05, 0.1) is 23.2 Å². The summed E-state index contributed by atoms with van der Waals surface area (Å²) >= 11 is 6.30. The fourth-order valence-electron chi connectivity index (χ4n) is 2.73. The number of hydrogen-bond donors (Lipinski definition) is 1. The number of fused-ring (bicyclic) bond motifs is 1. The van der Waals surface area contributed by atoms with Crippen LogP contribution in [0.3, 0.4) is 0 Å². The van der Waals surface area contributed by atoms with Crippen molar-refractivity contribution in [1.29, 1.82) is 0 Å². The molecule has 1 amide bonds. The number of hydrogen-bond acceptors (Lipinski definition) is 6. The summed E-state index contributed by atoms with van der Waals surface area (Å²) < 4.78 is 7.87. The second-order valence-electron chi connectivity index (χ2n) is 6.21. The van der Waals surface area contributed by atoms with E-state index in [1.165, 1.54) is 11.8 Å². The van der Waals surface area contributed by atoms with Crippen LogP contribution in [0, 0.1) is 0 Å². The maximum atomic E-state index is 13.0. The van der Waals surface area contributed by atoms with Crippen molar-refractivity contribution >= 4 is 55.8 Å². The molecular weight excluding hydrogens is 474 g/mol. The van der Waals surface area contributed by atoms with Gasteiger partial charge in [0.1, 0.15) is 0 Å². The number of ether oxygens (including phenoxy) is 1. The van der Waals surface area contributed by atoms with Crippen LogP contribution in [-0.2, 0) is 22.6 Å². The summed E-state index contributed by atoms with van der Waals surface area (Å²) in [7, 11) is 0. The molecule has 0 bridgehead atoms. The van der Waals surface area contributed by atoms with E-state index in [-0.39, 0.29) is 17.2 Å². The molecule has 0 radical (unpaired) electrons. The first-order valence-electron chi connectivity index (χ1n) is 9.28. The number of nitrogens with one attached hydrogen (secondary N) is 1. The Hall–Kier alpha value is -1.68. The number of aromatic nitrogens is 2. The highest BCUT2D eigenvalue weighted by Crippen LogP contribution is 2.21. The monoisotopic (exact) mass is 495 g/mol. The third-order valence-electron chi connectivity index (χ3n) is 4.13. The van der Waals surface area contributed by atoms with Crippen molar-refractivity contribution in [2.24, 2.45) is 0 Å². The number of thiophene rings is 1. The largest absolute Gasteiger partial charge is 0.382 e. The molecule has 1 N–H and O–H groups in total. The second kappa shape index (κ2) is 10.9. The van der Waals surface area contributed by atoms with Crippen molar-refractivity contribution in [3.63, 3.8) is 0 Å². The van der Waals surface area contributed by atoms with E-state index >= 15 is 0 Å². The van der Waals surface area contributed by atoms with Gasteiger partial charge in [0, 0.05) is 29.1 Å². The predicted octanol–water partition coefficient (Wildman–Crippen LogP) is 4.06. The first kappa shape index (κ1) is 22.0. The highest BCUT2D eigenvalue weighted by atomic mass is 79.9. The summed E-state index contributed by atoms with van der Waals surface area (Å²) in [5.74, 6) is 0.111. The standard InChI is InChI=1S/C20H22BrN3O3S2/c1-2-27-9-4-8-24-19(26)16-11-14(21)6-7-17(16)23-20(24)29-13-18(25)22-12-15-5-3-10-28-15/h3,5-7,10-11H,2,4,8-9,12-13H2,1H3,(H,22,25). The van der Waals surface area contributed by atoms with E-state index in [0.29, 0.717) is 48.8 Å². The number of halogens is 1. The van der Waals surface area contributed by atoms with E-state index < -0.39 is 0 Å². The van der Waals surface area contributed by atoms with Gasteiger partial charge < -0.3 is 10.1 Å². The Morgan fingerprint density at radius 1 is 1.38 bits per heavy atom. The lowest BCUT2D eigenvalue weighted by Gasteiger charge is -2.13. The van der Waals surface area contributed by atoms with E-state index in [1.807, 2.05) is 36.6 Å². The first-order valence-corrected chi connectivity index (χ1v) is 11.9. The average molecular weight is 496 g/mol. The summed E-state index contributed by atoms with van der Waals surface area (Å²) in [6.45, 7) is 4.16. The van der Waals surface area contributed by atoms with Gasteiger partial charge in [-0.25, -0.2) is 4.98 Å². The Morgan fingerprint density at radius 2 is 2.24 bits per heavy atom. The molecule has 29 heavy (non-hydrogen) atoms. The summed E-state index contributed by atoms with van der Waals surface area (Å²) in [6.07, 6.45) is 0.701. The van der Waals surface area contributed by atoms with Crippen molar-refractivity contribution in [3.8, 4) is 0 Å². The zero-order chi connectivity index (χ0) is 20.6. The molecule has 9 heteroatoms. The molecule has 0 fully saturated rings. The van der Waals surface area contributed by atoms with Crippen LogP contribution >= 0.6 is 39.0 Å². The molecule has 0 saturated heterocycles. The van der Waals surface area contributed by atoms with Crippen LogP contribution < -0.4 is 10.9 Å². The molecule has 154 valence electrons. The highest BCUT2D eigenvalue weighted by molar-refractivity contribution is 9.10. The molecule has 0 atom stereocenters. The van der Waals surface area contributed by atoms with Crippen LogP contribution in [0.4, 0.5) is 0 Å². The molecule has 0 spiro atoms. The molecule has 1 aromatic carbocycles. The normalized spacial score (nSPS) is 11.1. The van der Waals surface area contributed by atoms with Gasteiger partial charge in [0.25, 0.3) is 5.56 Å². The molecule has 0 unspecified atom stereocenters. The minimum atomic E-state index is -0.103. The van der Waals surface area contributed by atoms with E-state index in [4.69, 9.17) is 4.74 Å². The van der Waals surface area contributed by atoms with Crippen LogP contribution in [0.25, 0.3) is 10.9 Å². The minimum absolute atomic E-state index is 0.0885. The van der Waals surface area contributed by atoms with Crippen LogP contribution in [-0.4, -0.2) is 34.4 Å². The van der Waals surface area contributed by atoms with Gasteiger partial charge in [-0.3, -0.25) is 14.2 Å². The Bertz CT molecular complexity index is 1020.